The van der Waals surface area contributed by atoms with Crippen LogP contribution in [0.5, 0.6) is 5.75 Å². The Labute approximate surface area is 208 Å². The standard InChI is InChI=1S/C28H38N2O5/c1-20(2)17-22(18-31)30-27(33)35-23-13-15-28(16-14-23,21-9-5-4-6-10-21)19-29-26(32)24-11-7-8-12-25(24)34-3/h4-12,20,22-23,31H,13-19H2,1-3H3,(H,29,32)(H,30,33). The van der Waals surface area contributed by atoms with E-state index in [0.717, 1.165) is 12.8 Å². The van der Waals surface area contributed by atoms with Crippen molar-refractivity contribution in [1.82, 2.24) is 10.6 Å². The van der Waals surface area contributed by atoms with E-state index in [2.05, 4.69) is 22.8 Å². The van der Waals surface area contributed by atoms with Gasteiger partial charge in [-0.3, -0.25) is 4.79 Å². The molecule has 1 atom stereocenters. The number of carbonyl (C=O) groups is 2. The first-order chi connectivity index (χ1) is 16.9. The number of benzene rings is 2. The molecule has 0 spiro atoms. The molecule has 1 saturated carbocycles. The van der Waals surface area contributed by atoms with Gasteiger partial charge >= 0.3 is 6.09 Å². The van der Waals surface area contributed by atoms with Crippen LogP contribution in [0.25, 0.3) is 0 Å². The van der Waals surface area contributed by atoms with Crippen molar-refractivity contribution in [2.75, 3.05) is 20.3 Å². The Morgan fingerprint density at radius 2 is 1.71 bits per heavy atom. The number of para-hydroxylation sites is 1. The zero-order valence-corrected chi connectivity index (χ0v) is 21.0. The summed E-state index contributed by atoms with van der Waals surface area (Å²) in [7, 11) is 1.56. The van der Waals surface area contributed by atoms with Crippen LogP contribution in [0.4, 0.5) is 4.79 Å². The van der Waals surface area contributed by atoms with Gasteiger partial charge in [0.2, 0.25) is 0 Å². The largest absolute Gasteiger partial charge is 0.496 e. The van der Waals surface area contributed by atoms with E-state index in [1.54, 1.807) is 19.2 Å². The van der Waals surface area contributed by atoms with Crippen LogP contribution in [0.2, 0.25) is 0 Å². The molecule has 0 saturated heterocycles. The highest BCUT2D eigenvalue weighted by Crippen LogP contribution is 2.40. The van der Waals surface area contributed by atoms with Crippen LogP contribution in [0.15, 0.2) is 54.6 Å². The molecule has 3 rings (SSSR count). The first-order valence-electron chi connectivity index (χ1n) is 12.4. The second kappa shape index (κ2) is 12.6. The molecule has 2 amide bonds. The minimum atomic E-state index is -0.480. The lowest BCUT2D eigenvalue weighted by molar-refractivity contribution is 0.0520. The Kier molecular flexibility index (Phi) is 9.55. The summed E-state index contributed by atoms with van der Waals surface area (Å²) in [5.74, 6) is 0.732. The molecule has 0 radical (unpaired) electrons. The molecule has 0 heterocycles. The highest BCUT2D eigenvalue weighted by atomic mass is 16.6. The number of methoxy groups -OCH3 is 1. The lowest BCUT2D eigenvalue weighted by Crippen LogP contribution is -2.46. The maximum atomic E-state index is 13.0. The van der Waals surface area contributed by atoms with Crippen LogP contribution in [0, 0.1) is 5.92 Å². The minimum absolute atomic E-state index is 0.110. The quantitative estimate of drug-likeness (QED) is 0.465. The highest BCUT2D eigenvalue weighted by molar-refractivity contribution is 5.97. The number of alkyl carbamates (subject to hydrolysis) is 1. The van der Waals surface area contributed by atoms with E-state index in [4.69, 9.17) is 9.47 Å². The van der Waals surface area contributed by atoms with Crippen molar-refractivity contribution in [3.05, 3.63) is 65.7 Å². The average molecular weight is 483 g/mol. The number of hydrogen-bond donors (Lipinski definition) is 3. The summed E-state index contributed by atoms with van der Waals surface area (Å²) >= 11 is 0. The van der Waals surface area contributed by atoms with Crippen molar-refractivity contribution in [3.63, 3.8) is 0 Å². The highest BCUT2D eigenvalue weighted by Gasteiger charge is 2.38. The molecule has 3 N–H and O–H groups in total. The van der Waals surface area contributed by atoms with E-state index in [1.807, 2.05) is 44.2 Å². The summed E-state index contributed by atoms with van der Waals surface area (Å²) < 4.78 is 11.0. The Morgan fingerprint density at radius 1 is 1.06 bits per heavy atom. The van der Waals surface area contributed by atoms with Crippen molar-refractivity contribution in [1.29, 1.82) is 0 Å². The van der Waals surface area contributed by atoms with Gasteiger partial charge in [-0.15, -0.1) is 0 Å². The lowest BCUT2D eigenvalue weighted by Gasteiger charge is -2.40. The number of nitrogens with one attached hydrogen (secondary N) is 2. The first-order valence-corrected chi connectivity index (χ1v) is 12.4. The SMILES string of the molecule is COc1ccccc1C(=O)NCC1(c2ccccc2)CCC(OC(=O)NC(CO)CC(C)C)CC1. The second-order valence-corrected chi connectivity index (χ2v) is 9.79. The topological polar surface area (TPSA) is 96.9 Å². The van der Waals surface area contributed by atoms with E-state index in [-0.39, 0.29) is 30.1 Å². The summed E-state index contributed by atoms with van der Waals surface area (Å²) in [6.07, 6.45) is 2.95. The molecule has 1 aliphatic rings. The van der Waals surface area contributed by atoms with Gasteiger partial charge in [0.05, 0.1) is 25.3 Å². The van der Waals surface area contributed by atoms with E-state index < -0.39 is 6.09 Å². The van der Waals surface area contributed by atoms with Crippen LogP contribution < -0.4 is 15.4 Å². The van der Waals surface area contributed by atoms with Crippen LogP contribution in [0.3, 0.4) is 0 Å². The maximum absolute atomic E-state index is 13.0. The normalized spacial score (nSPS) is 20.7. The molecule has 1 fully saturated rings. The third-order valence-corrected chi connectivity index (χ3v) is 6.79. The number of aliphatic hydroxyl groups excluding tert-OH is 1. The third-order valence-electron chi connectivity index (χ3n) is 6.79. The second-order valence-electron chi connectivity index (χ2n) is 9.79. The molecule has 7 heteroatoms. The summed E-state index contributed by atoms with van der Waals surface area (Å²) in [6, 6.07) is 17.1. The van der Waals surface area contributed by atoms with Crippen molar-refractivity contribution in [3.8, 4) is 5.75 Å². The minimum Gasteiger partial charge on any atom is -0.496 e. The van der Waals surface area contributed by atoms with E-state index in [0.29, 0.717) is 43.0 Å². The molecule has 2 aromatic rings. The van der Waals surface area contributed by atoms with Crippen molar-refractivity contribution in [2.24, 2.45) is 5.92 Å². The van der Waals surface area contributed by atoms with Crippen LogP contribution in [0.1, 0.15) is 61.9 Å². The zero-order chi connectivity index (χ0) is 25.3. The van der Waals surface area contributed by atoms with Gasteiger partial charge in [0.15, 0.2) is 0 Å². The monoisotopic (exact) mass is 482 g/mol. The maximum Gasteiger partial charge on any atom is 0.407 e. The number of rotatable bonds is 10. The zero-order valence-electron chi connectivity index (χ0n) is 21.0. The van der Waals surface area contributed by atoms with Crippen LogP contribution in [-0.2, 0) is 10.2 Å². The third kappa shape index (κ3) is 7.21. The molecule has 35 heavy (non-hydrogen) atoms. The number of carbonyl (C=O) groups excluding carboxylic acids is 2. The van der Waals surface area contributed by atoms with Gasteiger partial charge in [-0.2, -0.15) is 0 Å². The van der Waals surface area contributed by atoms with Gasteiger partial charge in [0.1, 0.15) is 11.9 Å². The molecule has 1 aliphatic carbocycles. The van der Waals surface area contributed by atoms with Gasteiger partial charge in [0, 0.05) is 12.0 Å². The summed E-state index contributed by atoms with van der Waals surface area (Å²) in [5.41, 5.74) is 1.42. The van der Waals surface area contributed by atoms with Crippen LogP contribution >= 0.6 is 0 Å². The number of hydrogen-bond acceptors (Lipinski definition) is 5. The Morgan fingerprint density at radius 3 is 2.34 bits per heavy atom. The molecule has 0 aliphatic heterocycles. The first kappa shape index (κ1) is 26.5. The molecule has 1 unspecified atom stereocenters. The fourth-order valence-electron chi connectivity index (χ4n) is 4.90. The lowest BCUT2D eigenvalue weighted by atomic mass is 9.68. The summed E-state index contributed by atoms with van der Waals surface area (Å²) in [6.45, 7) is 4.47. The summed E-state index contributed by atoms with van der Waals surface area (Å²) in [4.78, 5) is 25.4. The van der Waals surface area contributed by atoms with Crippen molar-refractivity contribution in [2.45, 2.75) is 63.5 Å². The van der Waals surface area contributed by atoms with Gasteiger partial charge in [-0.25, -0.2) is 4.79 Å². The Balaban J connectivity index is 1.64. The number of amides is 2. The molecule has 2 aromatic carbocycles. The molecule has 190 valence electrons. The number of ether oxygens (including phenoxy) is 2. The molecule has 7 nitrogen and oxygen atoms in total. The molecular formula is C28H38N2O5. The predicted molar refractivity (Wildman–Crippen MR) is 136 cm³/mol. The summed E-state index contributed by atoms with van der Waals surface area (Å²) in [5, 5.41) is 15.4. The smallest absolute Gasteiger partial charge is 0.407 e. The van der Waals surface area contributed by atoms with E-state index in [9.17, 15) is 14.7 Å². The molecular weight excluding hydrogens is 444 g/mol. The van der Waals surface area contributed by atoms with E-state index in [1.165, 1.54) is 5.56 Å². The fourth-order valence-corrected chi connectivity index (χ4v) is 4.90. The van der Waals surface area contributed by atoms with Gasteiger partial charge in [-0.05, 0) is 55.7 Å². The Hall–Kier alpha value is -3.06. The van der Waals surface area contributed by atoms with Crippen molar-refractivity contribution >= 4 is 12.0 Å². The number of aliphatic hydroxyl groups is 1. The van der Waals surface area contributed by atoms with Gasteiger partial charge in [0.25, 0.3) is 5.91 Å². The Bertz CT molecular complexity index is 955. The van der Waals surface area contributed by atoms with Crippen molar-refractivity contribution < 1.29 is 24.2 Å². The predicted octanol–water partition coefficient (Wildman–Crippen LogP) is 4.44. The fraction of sp³-hybridized carbons (Fsp3) is 0.500. The van der Waals surface area contributed by atoms with E-state index >= 15 is 0 Å². The van der Waals surface area contributed by atoms with Gasteiger partial charge in [-0.1, -0.05) is 56.3 Å². The van der Waals surface area contributed by atoms with Crippen LogP contribution in [-0.4, -0.2) is 49.5 Å². The average Bonchev–Trinajstić information content (AvgIpc) is 2.88. The van der Waals surface area contributed by atoms with Gasteiger partial charge < -0.3 is 25.2 Å². The molecule has 0 bridgehead atoms. The molecule has 0 aromatic heterocycles.